The molecule has 2 aromatic rings. The van der Waals surface area contributed by atoms with Crippen LogP contribution in [0.5, 0.6) is 23.0 Å². The monoisotopic (exact) mass is 610 g/mol. The van der Waals surface area contributed by atoms with Crippen LogP contribution in [0, 0.1) is 23.7 Å². The zero-order chi connectivity index (χ0) is 31.7. The fraction of sp³-hybridized carbons (Fsp3) is 0.667. The van der Waals surface area contributed by atoms with E-state index < -0.39 is 0 Å². The second-order valence-electron chi connectivity index (χ2n) is 14.4. The molecule has 0 aromatic heterocycles. The summed E-state index contributed by atoms with van der Waals surface area (Å²) in [7, 11) is 3.16. The van der Waals surface area contributed by atoms with E-state index in [1.807, 2.05) is 24.3 Å². The molecule has 0 aliphatic carbocycles. The first kappa shape index (κ1) is 32.9. The summed E-state index contributed by atoms with van der Waals surface area (Å²) in [4.78, 5) is 5.00. The maximum atomic E-state index is 10.6. The van der Waals surface area contributed by atoms with Crippen LogP contribution in [0.25, 0.3) is 0 Å². The van der Waals surface area contributed by atoms with Crippen LogP contribution in [0.2, 0.25) is 0 Å². The van der Waals surface area contributed by atoms with E-state index in [-0.39, 0.29) is 35.8 Å². The molecule has 0 unspecified atom stereocenters. The predicted octanol–water partition coefficient (Wildman–Crippen LogP) is 5.45. The van der Waals surface area contributed by atoms with Gasteiger partial charge >= 0.3 is 0 Å². The number of rotatable bonds is 6. The summed E-state index contributed by atoms with van der Waals surface area (Å²) in [6, 6.07) is 8.07. The molecule has 4 aliphatic rings. The summed E-state index contributed by atoms with van der Waals surface area (Å²) in [5.41, 5.74) is 4.80. The average Bonchev–Trinajstić information content (AvgIpc) is 2.97. The molecule has 0 bridgehead atoms. The van der Waals surface area contributed by atoms with Crippen molar-refractivity contribution in [2.75, 3.05) is 40.4 Å². The standard InChI is InChI=1S/2C18H27NO3/c2*1-11(2)6-13-10-19-5-4-12-7-17(21)18(22-3)8-14(12)15(19)9-16(13)20/h2*7-8,11,13,15-16,20-21H,4-6,9-10H2,1-3H3/t2*13-,15+,16-/m10/s1. The van der Waals surface area contributed by atoms with E-state index >= 15 is 0 Å². The van der Waals surface area contributed by atoms with Crippen molar-refractivity contribution < 1.29 is 29.9 Å². The minimum Gasteiger partial charge on any atom is -0.504 e. The van der Waals surface area contributed by atoms with E-state index in [0.29, 0.717) is 35.2 Å². The molecular formula is C36H54N2O6. The van der Waals surface area contributed by atoms with Gasteiger partial charge in [0, 0.05) is 38.3 Å². The smallest absolute Gasteiger partial charge is 0.160 e. The van der Waals surface area contributed by atoms with E-state index in [1.54, 1.807) is 14.2 Å². The van der Waals surface area contributed by atoms with Gasteiger partial charge in [0.05, 0.1) is 26.4 Å². The minimum atomic E-state index is -0.241. The molecule has 8 heteroatoms. The number of aliphatic hydroxyl groups is 2. The molecule has 8 nitrogen and oxygen atoms in total. The van der Waals surface area contributed by atoms with Gasteiger partial charge in [0.25, 0.3) is 0 Å². The van der Waals surface area contributed by atoms with Gasteiger partial charge in [-0.1, -0.05) is 27.7 Å². The van der Waals surface area contributed by atoms with Gasteiger partial charge in [-0.25, -0.2) is 0 Å². The summed E-state index contributed by atoms with van der Waals surface area (Å²) in [6.45, 7) is 12.8. The molecule has 0 spiro atoms. The normalized spacial score (nSPS) is 28.3. The van der Waals surface area contributed by atoms with Crippen molar-refractivity contribution in [3.8, 4) is 23.0 Å². The Kier molecular flexibility index (Phi) is 10.3. The molecule has 244 valence electrons. The number of nitrogens with zero attached hydrogens (tertiary/aromatic N) is 2. The zero-order valence-electron chi connectivity index (χ0n) is 27.5. The number of benzene rings is 2. The average molecular weight is 611 g/mol. The van der Waals surface area contributed by atoms with Crippen LogP contribution in [0.3, 0.4) is 0 Å². The highest BCUT2D eigenvalue weighted by Crippen LogP contribution is 2.45. The third kappa shape index (κ3) is 6.99. The van der Waals surface area contributed by atoms with E-state index in [1.165, 1.54) is 22.3 Å². The lowest BCUT2D eigenvalue weighted by atomic mass is 9.79. The second-order valence-corrected chi connectivity index (χ2v) is 14.4. The summed E-state index contributed by atoms with van der Waals surface area (Å²) in [6.07, 6.45) is 5.13. The number of ether oxygens (including phenoxy) is 2. The highest BCUT2D eigenvalue weighted by atomic mass is 16.5. The lowest BCUT2D eigenvalue weighted by Crippen LogP contribution is -2.48. The van der Waals surface area contributed by atoms with Gasteiger partial charge in [0.15, 0.2) is 23.0 Å². The molecule has 0 saturated carbocycles. The number of aliphatic hydroxyl groups excluding tert-OH is 2. The molecule has 0 amide bonds. The minimum absolute atomic E-state index is 0.212. The van der Waals surface area contributed by atoms with Crippen LogP contribution < -0.4 is 9.47 Å². The molecule has 4 aliphatic heterocycles. The van der Waals surface area contributed by atoms with Crippen molar-refractivity contribution in [1.82, 2.24) is 9.80 Å². The number of piperidine rings is 2. The van der Waals surface area contributed by atoms with Crippen LogP contribution in [-0.4, -0.2) is 82.8 Å². The molecule has 4 N–H and O–H groups in total. The Bertz CT molecular complexity index is 1180. The Morgan fingerprint density at radius 1 is 0.682 bits per heavy atom. The van der Waals surface area contributed by atoms with Crippen molar-refractivity contribution in [2.45, 2.75) is 90.5 Å². The summed E-state index contributed by atoms with van der Waals surface area (Å²) < 4.78 is 10.5. The molecule has 0 radical (unpaired) electrons. The third-order valence-corrected chi connectivity index (χ3v) is 10.3. The number of hydrogen-bond donors (Lipinski definition) is 4. The van der Waals surface area contributed by atoms with Gasteiger partial charge in [-0.15, -0.1) is 0 Å². The van der Waals surface area contributed by atoms with Crippen LogP contribution in [-0.2, 0) is 12.8 Å². The quantitative estimate of drug-likeness (QED) is 0.342. The molecule has 6 atom stereocenters. The van der Waals surface area contributed by atoms with Gasteiger partial charge in [0.2, 0.25) is 0 Å². The molecule has 2 fully saturated rings. The summed E-state index contributed by atoms with van der Waals surface area (Å²) in [5.74, 6) is 3.45. The van der Waals surface area contributed by atoms with Gasteiger partial charge in [-0.05, 0) is 109 Å². The lowest BCUT2D eigenvalue weighted by molar-refractivity contribution is -0.0192. The number of hydrogen-bond acceptors (Lipinski definition) is 8. The van der Waals surface area contributed by atoms with E-state index in [2.05, 4.69) is 37.5 Å². The Balaban J connectivity index is 0.000000175. The molecule has 4 heterocycles. The van der Waals surface area contributed by atoms with Gasteiger partial charge in [-0.2, -0.15) is 0 Å². The fourth-order valence-electron chi connectivity index (χ4n) is 8.22. The summed E-state index contributed by atoms with van der Waals surface area (Å²) >= 11 is 0. The first-order valence-electron chi connectivity index (χ1n) is 16.6. The van der Waals surface area contributed by atoms with Crippen molar-refractivity contribution >= 4 is 0 Å². The van der Waals surface area contributed by atoms with Crippen LogP contribution in [0.4, 0.5) is 0 Å². The van der Waals surface area contributed by atoms with E-state index in [0.717, 1.165) is 64.7 Å². The maximum Gasteiger partial charge on any atom is 0.160 e. The van der Waals surface area contributed by atoms with Crippen LogP contribution in [0.15, 0.2) is 24.3 Å². The van der Waals surface area contributed by atoms with Crippen molar-refractivity contribution in [3.63, 3.8) is 0 Å². The third-order valence-electron chi connectivity index (χ3n) is 10.3. The van der Waals surface area contributed by atoms with E-state index in [9.17, 15) is 20.4 Å². The van der Waals surface area contributed by atoms with E-state index in [4.69, 9.17) is 9.47 Å². The van der Waals surface area contributed by atoms with Gasteiger partial charge < -0.3 is 29.9 Å². The Morgan fingerprint density at radius 3 is 1.41 bits per heavy atom. The fourth-order valence-corrected chi connectivity index (χ4v) is 8.22. The number of aromatic hydroxyl groups is 2. The molecule has 6 rings (SSSR count). The summed E-state index contributed by atoms with van der Waals surface area (Å²) in [5, 5.41) is 41.0. The predicted molar refractivity (Wildman–Crippen MR) is 172 cm³/mol. The first-order valence-corrected chi connectivity index (χ1v) is 16.6. The second kappa shape index (κ2) is 13.9. The number of methoxy groups -OCH3 is 2. The molecule has 2 saturated heterocycles. The number of fused-ring (bicyclic) bond motifs is 6. The molecule has 44 heavy (non-hydrogen) atoms. The SMILES string of the molecule is COc1cc2c(cc1O)CCN1C[C@@H](CC(C)C)[C@H](O)C[C@@H]21.COc1cc2c(cc1O)CCN1C[C@H](CC(C)C)[C@@H](O)C[C@H]21. The Hall–Kier alpha value is -2.52. The van der Waals surface area contributed by atoms with Crippen LogP contribution in [0.1, 0.15) is 87.7 Å². The Morgan fingerprint density at radius 2 is 1.07 bits per heavy atom. The van der Waals surface area contributed by atoms with Gasteiger partial charge in [0.1, 0.15) is 0 Å². The largest absolute Gasteiger partial charge is 0.504 e. The van der Waals surface area contributed by atoms with Crippen molar-refractivity contribution in [2.24, 2.45) is 23.7 Å². The Labute approximate surface area is 263 Å². The lowest BCUT2D eigenvalue weighted by Gasteiger charge is -2.46. The topological polar surface area (TPSA) is 106 Å². The molecular weight excluding hydrogens is 556 g/mol. The zero-order valence-corrected chi connectivity index (χ0v) is 27.5. The van der Waals surface area contributed by atoms with Crippen molar-refractivity contribution in [3.05, 3.63) is 46.5 Å². The first-order chi connectivity index (χ1) is 21.0. The highest BCUT2D eigenvalue weighted by molar-refractivity contribution is 5.50. The van der Waals surface area contributed by atoms with Gasteiger partial charge in [-0.3, -0.25) is 9.80 Å². The van der Waals surface area contributed by atoms with Crippen molar-refractivity contribution in [1.29, 1.82) is 0 Å². The number of phenolic OH excluding ortho intramolecular Hbond substituents is 2. The molecule has 2 aromatic carbocycles. The highest BCUT2D eigenvalue weighted by Gasteiger charge is 2.40. The maximum absolute atomic E-state index is 10.6. The number of phenols is 2. The van der Waals surface area contributed by atoms with Crippen LogP contribution >= 0.6 is 0 Å².